The molecule has 0 aromatic carbocycles. The first-order valence-corrected chi connectivity index (χ1v) is 10.3. The molecule has 0 amide bonds. The van der Waals surface area contributed by atoms with Gasteiger partial charge in [-0.1, -0.05) is 48.5 Å². The van der Waals surface area contributed by atoms with Gasteiger partial charge in [-0.3, -0.25) is 4.79 Å². The van der Waals surface area contributed by atoms with Gasteiger partial charge in [0.2, 0.25) is 17.1 Å². The Labute approximate surface area is 180 Å². The fourth-order valence-electron chi connectivity index (χ4n) is 3.17. The lowest BCUT2D eigenvalue weighted by Crippen LogP contribution is -2.17. The molecule has 0 spiro atoms. The Hall–Kier alpha value is -2.53. The van der Waals surface area contributed by atoms with Crippen molar-refractivity contribution in [2.45, 2.75) is 60.5 Å². The topological polar surface area (TPSA) is 71.6 Å². The molecule has 1 heterocycles. The Morgan fingerprint density at radius 3 is 2.43 bits per heavy atom. The molecule has 1 rings (SSSR count). The van der Waals surface area contributed by atoms with Gasteiger partial charge in [-0.05, 0) is 46.6 Å². The SMILES string of the molecule is CC=C(C)[C@H](O)[C@@H](C)C=C(C)C=CCC(C)=CCc1[nH]c(OC)c(OC)c(=O)c1C. The third-order valence-electron chi connectivity index (χ3n) is 5.30. The zero-order chi connectivity index (χ0) is 22.8. The van der Waals surface area contributed by atoms with Crippen molar-refractivity contribution in [1.29, 1.82) is 0 Å². The fourth-order valence-corrected chi connectivity index (χ4v) is 3.17. The summed E-state index contributed by atoms with van der Waals surface area (Å²) >= 11 is 0. The molecule has 5 heteroatoms. The number of aliphatic hydroxyl groups is 1. The van der Waals surface area contributed by atoms with Crippen molar-refractivity contribution in [3.63, 3.8) is 0 Å². The van der Waals surface area contributed by atoms with Crippen LogP contribution in [0.2, 0.25) is 0 Å². The molecule has 0 saturated carbocycles. The highest BCUT2D eigenvalue weighted by Gasteiger charge is 2.15. The van der Waals surface area contributed by atoms with Crippen molar-refractivity contribution in [2.75, 3.05) is 14.2 Å². The maximum Gasteiger partial charge on any atom is 0.238 e. The highest BCUT2D eigenvalue weighted by atomic mass is 16.5. The molecular weight excluding hydrogens is 378 g/mol. The lowest BCUT2D eigenvalue weighted by molar-refractivity contribution is 0.173. The molecule has 2 atom stereocenters. The van der Waals surface area contributed by atoms with E-state index in [1.54, 1.807) is 6.92 Å². The normalized spacial score (nSPS) is 15.4. The number of pyridine rings is 1. The van der Waals surface area contributed by atoms with Crippen LogP contribution in [0.4, 0.5) is 0 Å². The molecule has 0 saturated heterocycles. The summed E-state index contributed by atoms with van der Waals surface area (Å²) in [6.07, 6.45) is 11.3. The molecule has 0 aliphatic carbocycles. The van der Waals surface area contributed by atoms with Crippen molar-refractivity contribution in [2.24, 2.45) is 5.92 Å². The number of ether oxygens (including phenoxy) is 2. The molecule has 0 bridgehead atoms. The number of aromatic nitrogens is 1. The maximum absolute atomic E-state index is 12.4. The van der Waals surface area contributed by atoms with Gasteiger partial charge < -0.3 is 19.6 Å². The van der Waals surface area contributed by atoms with Crippen molar-refractivity contribution in [1.82, 2.24) is 4.98 Å². The minimum atomic E-state index is -0.452. The average molecular weight is 416 g/mol. The summed E-state index contributed by atoms with van der Waals surface area (Å²) in [6.45, 7) is 11.8. The van der Waals surface area contributed by atoms with Gasteiger partial charge in [0.05, 0.1) is 20.3 Å². The molecule has 30 heavy (non-hydrogen) atoms. The second kappa shape index (κ2) is 12.2. The van der Waals surface area contributed by atoms with Gasteiger partial charge in [-0.15, -0.1) is 0 Å². The summed E-state index contributed by atoms with van der Waals surface area (Å²) in [4.78, 5) is 15.6. The van der Waals surface area contributed by atoms with Crippen LogP contribution in [0, 0.1) is 12.8 Å². The van der Waals surface area contributed by atoms with Gasteiger partial charge in [0.1, 0.15) is 0 Å². The van der Waals surface area contributed by atoms with Crippen LogP contribution in [0.25, 0.3) is 0 Å². The molecule has 166 valence electrons. The van der Waals surface area contributed by atoms with E-state index in [2.05, 4.69) is 36.2 Å². The number of H-pyrrole nitrogens is 1. The summed E-state index contributed by atoms with van der Waals surface area (Å²) in [7, 11) is 2.97. The number of nitrogens with one attached hydrogen (secondary N) is 1. The number of hydrogen-bond donors (Lipinski definition) is 2. The van der Waals surface area contributed by atoms with Gasteiger partial charge in [0.15, 0.2) is 0 Å². The summed E-state index contributed by atoms with van der Waals surface area (Å²) in [5, 5.41) is 10.3. The van der Waals surface area contributed by atoms with Gasteiger partial charge in [-0.25, -0.2) is 0 Å². The van der Waals surface area contributed by atoms with Crippen LogP contribution in [0.1, 0.15) is 52.3 Å². The first-order valence-electron chi connectivity index (χ1n) is 10.3. The van der Waals surface area contributed by atoms with E-state index in [0.717, 1.165) is 23.3 Å². The average Bonchev–Trinajstić information content (AvgIpc) is 2.73. The van der Waals surface area contributed by atoms with Gasteiger partial charge >= 0.3 is 0 Å². The summed E-state index contributed by atoms with van der Waals surface area (Å²) < 4.78 is 10.4. The molecular formula is C25H37NO4. The molecule has 2 N–H and O–H groups in total. The molecule has 0 aliphatic heterocycles. The molecule has 1 aromatic heterocycles. The number of hydrogen-bond acceptors (Lipinski definition) is 4. The zero-order valence-corrected chi connectivity index (χ0v) is 19.6. The fraction of sp³-hybridized carbons (Fsp3) is 0.480. The second-order valence-corrected chi connectivity index (χ2v) is 7.73. The van der Waals surface area contributed by atoms with Gasteiger partial charge in [-0.2, -0.15) is 0 Å². The second-order valence-electron chi connectivity index (χ2n) is 7.73. The van der Waals surface area contributed by atoms with Crippen molar-refractivity contribution in [3.05, 3.63) is 68.6 Å². The first-order chi connectivity index (χ1) is 14.2. The predicted octanol–water partition coefficient (Wildman–Crippen LogP) is 5.05. The Bertz CT molecular complexity index is 887. The summed E-state index contributed by atoms with van der Waals surface area (Å²) in [5.41, 5.74) is 4.61. The Balaban J connectivity index is 2.80. The van der Waals surface area contributed by atoms with Crippen LogP contribution in [0.3, 0.4) is 0 Å². The van der Waals surface area contributed by atoms with E-state index in [0.29, 0.717) is 17.9 Å². The minimum Gasteiger partial charge on any atom is -0.488 e. The van der Waals surface area contributed by atoms with Crippen LogP contribution in [0.5, 0.6) is 11.6 Å². The lowest BCUT2D eigenvalue weighted by Gasteiger charge is -2.16. The monoisotopic (exact) mass is 415 g/mol. The van der Waals surface area contributed by atoms with Crippen molar-refractivity contribution < 1.29 is 14.6 Å². The molecule has 0 aliphatic rings. The van der Waals surface area contributed by atoms with E-state index in [1.807, 2.05) is 33.8 Å². The van der Waals surface area contributed by atoms with Crippen LogP contribution in [-0.4, -0.2) is 30.4 Å². The van der Waals surface area contributed by atoms with E-state index >= 15 is 0 Å². The Morgan fingerprint density at radius 1 is 1.20 bits per heavy atom. The van der Waals surface area contributed by atoms with E-state index in [-0.39, 0.29) is 17.1 Å². The highest BCUT2D eigenvalue weighted by molar-refractivity contribution is 5.40. The molecule has 5 nitrogen and oxygen atoms in total. The van der Waals surface area contributed by atoms with Crippen LogP contribution < -0.4 is 14.9 Å². The minimum absolute atomic E-state index is 0.0624. The molecule has 0 unspecified atom stereocenters. The van der Waals surface area contributed by atoms with E-state index in [1.165, 1.54) is 19.8 Å². The largest absolute Gasteiger partial charge is 0.488 e. The van der Waals surface area contributed by atoms with Gasteiger partial charge in [0, 0.05) is 23.6 Å². The molecule has 1 aromatic rings. The molecule has 0 fully saturated rings. The van der Waals surface area contributed by atoms with Crippen molar-refractivity contribution in [3.8, 4) is 11.6 Å². The number of rotatable bonds is 10. The number of aliphatic hydroxyl groups excluding tert-OH is 1. The third-order valence-corrected chi connectivity index (χ3v) is 5.30. The lowest BCUT2D eigenvalue weighted by atomic mass is 9.96. The van der Waals surface area contributed by atoms with Gasteiger partial charge in [0.25, 0.3) is 0 Å². The van der Waals surface area contributed by atoms with Crippen LogP contribution in [0.15, 0.2) is 51.9 Å². The number of methoxy groups -OCH3 is 2. The molecule has 0 radical (unpaired) electrons. The number of aromatic amines is 1. The zero-order valence-electron chi connectivity index (χ0n) is 19.6. The third kappa shape index (κ3) is 7.06. The first kappa shape index (κ1) is 25.5. The highest BCUT2D eigenvalue weighted by Crippen LogP contribution is 2.22. The number of allylic oxidation sites excluding steroid dienone is 6. The quantitative estimate of drug-likeness (QED) is 0.415. The Kier molecular flexibility index (Phi) is 10.4. The van der Waals surface area contributed by atoms with E-state index in [9.17, 15) is 9.90 Å². The Morgan fingerprint density at radius 2 is 1.87 bits per heavy atom. The van der Waals surface area contributed by atoms with E-state index < -0.39 is 6.10 Å². The van der Waals surface area contributed by atoms with E-state index in [4.69, 9.17) is 9.47 Å². The predicted molar refractivity (Wildman–Crippen MR) is 124 cm³/mol. The maximum atomic E-state index is 12.4. The summed E-state index contributed by atoms with van der Waals surface area (Å²) in [6, 6.07) is 0. The van der Waals surface area contributed by atoms with Crippen molar-refractivity contribution >= 4 is 0 Å². The van der Waals surface area contributed by atoms with Crippen LogP contribution in [-0.2, 0) is 6.42 Å². The van der Waals surface area contributed by atoms with Crippen LogP contribution >= 0.6 is 0 Å². The standard InChI is InChI=1S/C25H37NO4/c1-9-18(4)22(27)19(5)15-17(3)12-10-11-16(2)13-14-21-20(6)23(28)24(29-7)25(26-21)30-8/h9-10,12-13,15,19,22,27H,11,14H2,1-8H3,(H,26,28)/t19-,22-/m0/s1. The summed E-state index contributed by atoms with van der Waals surface area (Å²) in [5.74, 6) is 0.611. The smallest absolute Gasteiger partial charge is 0.238 e.